The molecule has 3 aromatic rings. The predicted molar refractivity (Wildman–Crippen MR) is 134 cm³/mol. The van der Waals surface area contributed by atoms with Crippen LogP contribution < -0.4 is 14.4 Å². The summed E-state index contributed by atoms with van der Waals surface area (Å²) < 4.78 is 11.3. The maximum Gasteiger partial charge on any atom is 0.300 e. The summed E-state index contributed by atoms with van der Waals surface area (Å²) in [4.78, 5) is 28.8. The topological polar surface area (TPSA) is 76.1 Å². The number of Topliss-reactive ketones (excluding diaryl/α,β-unsaturated/α-hetero) is 1. The van der Waals surface area contributed by atoms with Gasteiger partial charge in [-0.1, -0.05) is 17.7 Å². The average molecular weight is 498 g/mol. The molecule has 1 fully saturated rings. The fraction of sp³-hybridized carbons (Fsp3) is 0.231. The second-order valence-corrected chi connectivity index (χ2v) is 9.02. The van der Waals surface area contributed by atoms with Crippen LogP contribution in [0.3, 0.4) is 0 Å². The second kappa shape index (κ2) is 9.91. The molecule has 1 unspecified atom stereocenters. The summed E-state index contributed by atoms with van der Waals surface area (Å²) in [7, 11) is 0. The lowest BCUT2D eigenvalue weighted by Crippen LogP contribution is -2.29. The van der Waals surface area contributed by atoms with Crippen molar-refractivity contribution in [3.63, 3.8) is 0 Å². The molecule has 1 saturated heterocycles. The number of rotatable bonds is 7. The first-order valence-corrected chi connectivity index (χ1v) is 12.1. The maximum absolute atomic E-state index is 13.3. The van der Waals surface area contributed by atoms with E-state index in [1.807, 2.05) is 32.2 Å². The zero-order chi connectivity index (χ0) is 24.4. The number of halogens is 1. The Morgan fingerprint density at radius 2 is 1.85 bits per heavy atom. The van der Waals surface area contributed by atoms with E-state index in [0.29, 0.717) is 41.0 Å². The van der Waals surface area contributed by atoms with E-state index < -0.39 is 17.7 Å². The monoisotopic (exact) mass is 497 g/mol. The van der Waals surface area contributed by atoms with Gasteiger partial charge in [0.05, 0.1) is 24.4 Å². The largest absolute Gasteiger partial charge is 0.507 e. The first kappa shape index (κ1) is 23.9. The lowest BCUT2D eigenvalue weighted by atomic mass is 9.97. The Morgan fingerprint density at radius 3 is 2.50 bits per heavy atom. The van der Waals surface area contributed by atoms with Crippen LogP contribution in [0.1, 0.15) is 35.9 Å². The van der Waals surface area contributed by atoms with Crippen LogP contribution in [0.4, 0.5) is 5.69 Å². The average Bonchev–Trinajstić information content (AvgIpc) is 3.34. The Kier molecular flexibility index (Phi) is 6.95. The molecule has 1 N–H and O–H groups in total. The first-order chi connectivity index (χ1) is 16.4. The van der Waals surface area contributed by atoms with Crippen molar-refractivity contribution >= 4 is 46.1 Å². The van der Waals surface area contributed by atoms with Gasteiger partial charge in [-0.3, -0.25) is 14.5 Å². The normalized spacial score (nSPS) is 17.3. The third kappa shape index (κ3) is 4.29. The van der Waals surface area contributed by atoms with Gasteiger partial charge in [0.2, 0.25) is 0 Å². The van der Waals surface area contributed by atoms with Crippen molar-refractivity contribution in [1.82, 2.24) is 0 Å². The van der Waals surface area contributed by atoms with Crippen LogP contribution in [-0.2, 0) is 9.59 Å². The number of thiophene rings is 1. The van der Waals surface area contributed by atoms with Crippen molar-refractivity contribution < 1.29 is 24.2 Å². The van der Waals surface area contributed by atoms with Crippen molar-refractivity contribution in [3.8, 4) is 11.5 Å². The summed E-state index contributed by atoms with van der Waals surface area (Å²) in [5.41, 5.74) is 1.70. The number of ketones is 1. The number of carbonyl (C=O) groups excluding carboxylic acids is 2. The molecule has 6 nitrogen and oxygen atoms in total. The molecule has 0 radical (unpaired) electrons. The SMILES string of the molecule is CCOc1ccc(/C(O)=C2\C(=O)C(=O)N(c3cccc(Cl)c3)C2c2sccc2C)c(OCC)c1. The quantitative estimate of drug-likeness (QED) is 0.241. The molecule has 4 rings (SSSR count). The van der Waals surface area contributed by atoms with Crippen LogP contribution in [-0.4, -0.2) is 30.0 Å². The van der Waals surface area contributed by atoms with E-state index in [-0.39, 0.29) is 11.3 Å². The van der Waals surface area contributed by atoms with E-state index >= 15 is 0 Å². The van der Waals surface area contributed by atoms with Crippen LogP contribution >= 0.6 is 22.9 Å². The van der Waals surface area contributed by atoms with Crippen LogP contribution in [0.2, 0.25) is 5.02 Å². The van der Waals surface area contributed by atoms with Crippen LogP contribution in [0, 0.1) is 6.92 Å². The minimum Gasteiger partial charge on any atom is -0.507 e. The van der Waals surface area contributed by atoms with Gasteiger partial charge in [-0.2, -0.15) is 0 Å². The van der Waals surface area contributed by atoms with Gasteiger partial charge in [-0.15, -0.1) is 11.3 Å². The standard InChI is InChI=1S/C26H24ClNO5S/c1-4-32-18-9-10-19(20(14-18)33-5-2)23(29)21-22(25-15(3)11-12-34-25)28(26(31)24(21)30)17-8-6-7-16(27)13-17/h6-14,22,29H,4-5H2,1-3H3/b23-21+. The molecule has 1 aliphatic rings. The van der Waals surface area contributed by atoms with E-state index in [2.05, 4.69) is 0 Å². The number of nitrogens with zero attached hydrogens (tertiary/aromatic N) is 1. The molecule has 34 heavy (non-hydrogen) atoms. The highest BCUT2D eigenvalue weighted by Gasteiger charge is 2.48. The van der Waals surface area contributed by atoms with Crippen molar-refractivity contribution in [2.24, 2.45) is 0 Å². The number of carbonyl (C=O) groups is 2. The van der Waals surface area contributed by atoms with Gasteiger partial charge < -0.3 is 14.6 Å². The first-order valence-electron chi connectivity index (χ1n) is 10.9. The van der Waals surface area contributed by atoms with Gasteiger partial charge in [-0.05, 0) is 68.1 Å². The molecule has 1 atom stereocenters. The number of aryl methyl sites for hydroxylation is 1. The molecule has 0 saturated carbocycles. The van der Waals surface area contributed by atoms with E-state index in [1.54, 1.807) is 42.5 Å². The Bertz CT molecular complexity index is 1280. The number of ether oxygens (including phenoxy) is 2. The molecule has 1 aliphatic heterocycles. The minimum atomic E-state index is -0.806. The molecule has 2 heterocycles. The Morgan fingerprint density at radius 1 is 1.09 bits per heavy atom. The summed E-state index contributed by atoms with van der Waals surface area (Å²) in [5.74, 6) is -0.863. The van der Waals surface area contributed by atoms with E-state index in [4.69, 9.17) is 21.1 Å². The molecule has 1 amide bonds. The van der Waals surface area contributed by atoms with Crippen molar-refractivity contribution in [1.29, 1.82) is 0 Å². The molecular formula is C26H24ClNO5S. The lowest BCUT2D eigenvalue weighted by molar-refractivity contribution is -0.132. The van der Waals surface area contributed by atoms with E-state index in [9.17, 15) is 14.7 Å². The summed E-state index contributed by atoms with van der Waals surface area (Å²) in [5, 5.41) is 13.8. The Balaban J connectivity index is 1.94. The summed E-state index contributed by atoms with van der Waals surface area (Å²) in [6.45, 7) is 6.42. The number of hydrogen-bond donors (Lipinski definition) is 1. The number of aliphatic hydroxyl groups is 1. The Hall–Kier alpha value is -3.29. The minimum absolute atomic E-state index is 0.000591. The molecule has 0 bridgehead atoms. The number of anilines is 1. The predicted octanol–water partition coefficient (Wildman–Crippen LogP) is 6.13. The summed E-state index contributed by atoms with van der Waals surface area (Å²) >= 11 is 7.61. The smallest absolute Gasteiger partial charge is 0.300 e. The highest BCUT2D eigenvalue weighted by molar-refractivity contribution is 7.10. The van der Waals surface area contributed by atoms with Gasteiger partial charge in [0, 0.05) is 21.7 Å². The van der Waals surface area contributed by atoms with Crippen molar-refractivity contribution in [3.05, 3.63) is 80.5 Å². The Labute approximate surface area is 207 Å². The summed E-state index contributed by atoms with van der Waals surface area (Å²) in [6.07, 6.45) is 0. The third-order valence-corrected chi connectivity index (χ3v) is 6.81. The summed E-state index contributed by atoms with van der Waals surface area (Å²) in [6, 6.07) is 12.9. The molecular weight excluding hydrogens is 474 g/mol. The fourth-order valence-corrected chi connectivity index (χ4v) is 5.22. The molecule has 2 aromatic carbocycles. The lowest BCUT2D eigenvalue weighted by Gasteiger charge is -2.25. The van der Waals surface area contributed by atoms with E-state index in [0.717, 1.165) is 10.4 Å². The molecule has 0 spiro atoms. The molecule has 176 valence electrons. The number of benzene rings is 2. The molecule has 0 aliphatic carbocycles. The maximum atomic E-state index is 13.3. The highest BCUT2D eigenvalue weighted by Crippen LogP contribution is 2.46. The van der Waals surface area contributed by atoms with Crippen LogP contribution in [0.5, 0.6) is 11.5 Å². The van der Waals surface area contributed by atoms with Gasteiger partial charge in [0.25, 0.3) is 11.7 Å². The number of aliphatic hydroxyl groups excluding tert-OH is 1. The third-order valence-electron chi connectivity index (χ3n) is 5.50. The zero-order valence-corrected chi connectivity index (χ0v) is 20.6. The van der Waals surface area contributed by atoms with Gasteiger partial charge in [0.15, 0.2) is 0 Å². The fourth-order valence-electron chi connectivity index (χ4n) is 4.01. The van der Waals surface area contributed by atoms with Gasteiger partial charge in [-0.25, -0.2) is 0 Å². The van der Waals surface area contributed by atoms with Gasteiger partial charge in [0.1, 0.15) is 23.3 Å². The molecule has 8 heteroatoms. The molecule has 1 aromatic heterocycles. The van der Waals surface area contributed by atoms with E-state index in [1.165, 1.54) is 16.2 Å². The number of hydrogen-bond acceptors (Lipinski definition) is 6. The zero-order valence-electron chi connectivity index (χ0n) is 19.0. The highest BCUT2D eigenvalue weighted by atomic mass is 35.5. The van der Waals surface area contributed by atoms with Crippen LogP contribution in [0.25, 0.3) is 5.76 Å². The van der Waals surface area contributed by atoms with Crippen LogP contribution in [0.15, 0.2) is 59.5 Å². The van der Waals surface area contributed by atoms with Crippen molar-refractivity contribution in [2.75, 3.05) is 18.1 Å². The number of amides is 1. The second-order valence-electron chi connectivity index (χ2n) is 7.64. The van der Waals surface area contributed by atoms with Gasteiger partial charge >= 0.3 is 0 Å². The van der Waals surface area contributed by atoms with Crippen molar-refractivity contribution in [2.45, 2.75) is 26.8 Å².